The highest BCUT2D eigenvalue weighted by Crippen LogP contribution is 2.26. The second-order valence-corrected chi connectivity index (χ2v) is 5.84. The van der Waals surface area contributed by atoms with E-state index < -0.39 is 0 Å². The number of nitrogens with zero attached hydrogens (tertiary/aromatic N) is 3. The van der Waals surface area contributed by atoms with Crippen molar-refractivity contribution in [1.29, 1.82) is 0 Å². The van der Waals surface area contributed by atoms with E-state index in [1.165, 1.54) is 16.7 Å². The number of hydrogen-bond acceptors (Lipinski definition) is 2. The molecule has 0 fully saturated rings. The van der Waals surface area contributed by atoms with Gasteiger partial charge < -0.3 is 0 Å². The second-order valence-electron chi connectivity index (χ2n) is 5.84. The minimum Gasteiger partial charge on any atom is -0.288 e. The Morgan fingerprint density at radius 1 is 0.895 bits per heavy atom. The molecule has 1 aromatic carbocycles. The predicted octanol–water partition coefficient (Wildman–Crippen LogP) is 3.69. The minimum absolute atomic E-state index is 0.191. The van der Waals surface area contributed by atoms with E-state index in [4.69, 9.17) is 0 Å². The van der Waals surface area contributed by atoms with Crippen molar-refractivity contribution in [2.45, 2.75) is 26.2 Å². The first-order valence-corrected chi connectivity index (χ1v) is 6.44. The summed E-state index contributed by atoms with van der Waals surface area (Å²) in [6.45, 7) is 6.68. The van der Waals surface area contributed by atoms with Gasteiger partial charge in [0.2, 0.25) is 0 Å². The van der Waals surface area contributed by atoms with E-state index in [0.29, 0.717) is 0 Å². The van der Waals surface area contributed by atoms with E-state index in [-0.39, 0.29) is 5.41 Å². The average Bonchev–Trinajstić information content (AvgIpc) is 2.85. The number of aromatic nitrogens is 3. The molecule has 0 aliphatic rings. The van der Waals surface area contributed by atoms with Crippen LogP contribution in [-0.4, -0.2) is 14.6 Å². The fourth-order valence-corrected chi connectivity index (χ4v) is 2.16. The first-order chi connectivity index (χ1) is 9.04. The average molecular weight is 251 g/mol. The Balaban J connectivity index is 2.01. The lowest BCUT2D eigenvalue weighted by Gasteiger charge is -2.19. The molecule has 2 aromatic heterocycles. The first kappa shape index (κ1) is 11.9. The van der Waals surface area contributed by atoms with Crippen LogP contribution in [0.15, 0.2) is 48.9 Å². The maximum Gasteiger partial charge on any atom is 0.160 e. The zero-order valence-corrected chi connectivity index (χ0v) is 11.5. The predicted molar refractivity (Wildman–Crippen MR) is 77.1 cm³/mol. The zero-order chi connectivity index (χ0) is 13.5. The number of pyridine rings is 1. The number of hydrogen-bond donors (Lipinski definition) is 0. The lowest BCUT2D eigenvalue weighted by molar-refractivity contribution is 0.590. The smallest absolute Gasteiger partial charge is 0.160 e. The van der Waals surface area contributed by atoms with Crippen LogP contribution in [0.3, 0.4) is 0 Å². The number of fused-ring (bicyclic) bond motifs is 1. The summed E-state index contributed by atoms with van der Waals surface area (Å²) in [6.07, 6.45) is 3.78. The third-order valence-electron chi connectivity index (χ3n) is 3.38. The Morgan fingerprint density at radius 2 is 1.58 bits per heavy atom. The third-order valence-corrected chi connectivity index (χ3v) is 3.38. The molecule has 0 spiro atoms. The molecule has 0 aliphatic carbocycles. The molecule has 0 saturated carbocycles. The molecule has 3 aromatic rings. The van der Waals surface area contributed by atoms with Gasteiger partial charge in [0.1, 0.15) is 6.33 Å². The largest absolute Gasteiger partial charge is 0.288 e. The molecular weight excluding hydrogens is 234 g/mol. The summed E-state index contributed by atoms with van der Waals surface area (Å²) in [5.41, 5.74) is 4.80. The van der Waals surface area contributed by atoms with Crippen molar-refractivity contribution < 1.29 is 0 Å². The lowest BCUT2D eigenvalue weighted by Crippen LogP contribution is -2.10. The van der Waals surface area contributed by atoms with Crippen LogP contribution in [0.1, 0.15) is 26.3 Å². The van der Waals surface area contributed by atoms with E-state index in [1.807, 2.05) is 10.5 Å². The van der Waals surface area contributed by atoms with Crippen molar-refractivity contribution in [3.05, 3.63) is 54.5 Å². The summed E-state index contributed by atoms with van der Waals surface area (Å²) in [5, 5.41) is 7.91. The van der Waals surface area contributed by atoms with Crippen LogP contribution in [-0.2, 0) is 5.41 Å². The van der Waals surface area contributed by atoms with Crippen molar-refractivity contribution in [2.24, 2.45) is 0 Å². The third kappa shape index (κ3) is 2.24. The normalized spacial score (nSPS) is 11.9. The highest BCUT2D eigenvalue weighted by atomic mass is 15.2. The molecule has 19 heavy (non-hydrogen) atoms. The van der Waals surface area contributed by atoms with Gasteiger partial charge in [0.05, 0.1) is 0 Å². The van der Waals surface area contributed by atoms with Gasteiger partial charge in [0, 0.05) is 6.20 Å². The van der Waals surface area contributed by atoms with Crippen molar-refractivity contribution in [3.8, 4) is 11.1 Å². The molecule has 0 bridgehead atoms. The molecule has 3 rings (SSSR count). The van der Waals surface area contributed by atoms with Gasteiger partial charge >= 0.3 is 0 Å². The second kappa shape index (κ2) is 4.19. The summed E-state index contributed by atoms with van der Waals surface area (Å²) in [6, 6.07) is 12.8. The Labute approximate surface area is 112 Å². The molecular formula is C16H17N3. The SMILES string of the molecule is CC(C)(C)c1ccc(-c2ccc3nncn3c2)cc1. The molecule has 3 heteroatoms. The van der Waals surface area contributed by atoms with Gasteiger partial charge in [-0.05, 0) is 34.2 Å². The summed E-state index contributed by atoms with van der Waals surface area (Å²) < 4.78 is 1.94. The van der Waals surface area contributed by atoms with Gasteiger partial charge in [0.25, 0.3) is 0 Å². The molecule has 0 unspecified atom stereocenters. The van der Waals surface area contributed by atoms with Crippen LogP contribution in [0.2, 0.25) is 0 Å². The van der Waals surface area contributed by atoms with E-state index in [2.05, 4.69) is 67.5 Å². The molecule has 96 valence electrons. The molecule has 0 aliphatic heterocycles. The number of benzene rings is 1. The van der Waals surface area contributed by atoms with Crippen LogP contribution < -0.4 is 0 Å². The van der Waals surface area contributed by atoms with Crippen molar-refractivity contribution in [2.75, 3.05) is 0 Å². The van der Waals surface area contributed by atoms with Crippen LogP contribution in [0.5, 0.6) is 0 Å². The van der Waals surface area contributed by atoms with Gasteiger partial charge in [0.15, 0.2) is 5.65 Å². The Morgan fingerprint density at radius 3 is 2.26 bits per heavy atom. The van der Waals surface area contributed by atoms with Crippen molar-refractivity contribution in [3.63, 3.8) is 0 Å². The lowest BCUT2D eigenvalue weighted by atomic mass is 9.86. The summed E-state index contributed by atoms with van der Waals surface area (Å²) in [4.78, 5) is 0. The monoisotopic (exact) mass is 251 g/mol. The fraction of sp³-hybridized carbons (Fsp3) is 0.250. The van der Waals surface area contributed by atoms with E-state index in [0.717, 1.165) is 5.65 Å². The van der Waals surface area contributed by atoms with Gasteiger partial charge in [-0.15, -0.1) is 10.2 Å². The molecule has 2 heterocycles. The van der Waals surface area contributed by atoms with Crippen LogP contribution in [0.25, 0.3) is 16.8 Å². The molecule has 0 radical (unpaired) electrons. The summed E-state index contributed by atoms with van der Waals surface area (Å²) >= 11 is 0. The van der Waals surface area contributed by atoms with Gasteiger partial charge in [-0.2, -0.15) is 0 Å². The Hall–Kier alpha value is -2.16. The summed E-state index contributed by atoms with van der Waals surface area (Å²) in [7, 11) is 0. The Bertz CT molecular complexity index is 703. The Kier molecular flexibility index (Phi) is 2.63. The highest BCUT2D eigenvalue weighted by Gasteiger charge is 2.13. The van der Waals surface area contributed by atoms with Crippen molar-refractivity contribution >= 4 is 5.65 Å². The first-order valence-electron chi connectivity index (χ1n) is 6.44. The molecule has 0 saturated heterocycles. The quantitative estimate of drug-likeness (QED) is 0.660. The zero-order valence-electron chi connectivity index (χ0n) is 11.5. The van der Waals surface area contributed by atoms with E-state index in [1.54, 1.807) is 6.33 Å². The summed E-state index contributed by atoms with van der Waals surface area (Å²) in [5.74, 6) is 0. The van der Waals surface area contributed by atoms with E-state index in [9.17, 15) is 0 Å². The standard InChI is InChI=1S/C16H17N3/c1-16(2,3)14-7-4-12(5-8-14)13-6-9-15-18-17-11-19(15)10-13/h4-11H,1-3H3. The topological polar surface area (TPSA) is 30.2 Å². The van der Waals surface area contributed by atoms with Crippen LogP contribution >= 0.6 is 0 Å². The molecule has 0 amide bonds. The van der Waals surface area contributed by atoms with E-state index >= 15 is 0 Å². The fourth-order valence-electron chi connectivity index (χ4n) is 2.16. The van der Waals surface area contributed by atoms with Crippen LogP contribution in [0.4, 0.5) is 0 Å². The van der Waals surface area contributed by atoms with Gasteiger partial charge in [-0.25, -0.2) is 0 Å². The van der Waals surface area contributed by atoms with Crippen molar-refractivity contribution in [1.82, 2.24) is 14.6 Å². The highest BCUT2D eigenvalue weighted by molar-refractivity contribution is 5.64. The van der Waals surface area contributed by atoms with Crippen LogP contribution in [0, 0.1) is 0 Å². The maximum atomic E-state index is 4.01. The van der Waals surface area contributed by atoms with Gasteiger partial charge in [-0.3, -0.25) is 4.40 Å². The minimum atomic E-state index is 0.191. The molecule has 0 N–H and O–H groups in total. The maximum absolute atomic E-state index is 4.01. The number of rotatable bonds is 1. The van der Waals surface area contributed by atoms with Gasteiger partial charge in [-0.1, -0.05) is 45.0 Å². The molecule has 3 nitrogen and oxygen atoms in total. The molecule has 0 atom stereocenters.